The molecule has 1 aliphatic rings. The standard InChI is InChI=1S/C20H15FN4O/c1-26-16-5-2-14(3-6-16)20-23-18-7-4-15(21)12-17(18)19(24-25-20)13-8-10-22-11-9-13/h2-12H,1H3,(H,23,25). The van der Waals surface area contributed by atoms with Gasteiger partial charge in [0.25, 0.3) is 0 Å². The first-order valence-electron chi connectivity index (χ1n) is 8.02. The fraction of sp³-hybridized carbons (Fsp3) is 0.0500. The minimum atomic E-state index is -0.339. The lowest BCUT2D eigenvalue weighted by molar-refractivity contribution is 0.415. The highest BCUT2D eigenvalue weighted by Gasteiger charge is 2.18. The van der Waals surface area contributed by atoms with Gasteiger partial charge in [0.05, 0.1) is 12.8 Å². The van der Waals surface area contributed by atoms with E-state index in [1.165, 1.54) is 12.1 Å². The van der Waals surface area contributed by atoms with Crippen LogP contribution in [0.5, 0.6) is 5.75 Å². The molecular weight excluding hydrogens is 331 g/mol. The molecule has 6 heteroatoms. The molecule has 0 fully saturated rings. The topological polar surface area (TPSA) is 58.9 Å². The van der Waals surface area contributed by atoms with E-state index >= 15 is 0 Å². The Bertz CT molecular complexity index is 998. The fourth-order valence-electron chi connectivity index (χ4n) is 2.72. The Hall–Kier alpha value is -3.54. The van der Waals surface area contributed by atoms with Gasteiger partial charge in [0, 0.05) is 29.1 Å². The quantitative estimate of drug-likeness (QED) is 0.787. The molecule has 0 amide bonds. The Labute approximate surface area is 149 Å². The number of fused-ring (bicyclic) bond motifs is 1. The van der Waals surface area contributed by atoms with Gasteiger partial charge in [-0.15, -0.1) is 0 Å². The van der Waals surface area contributed by atoms with Crippen molar-refractivity contribution < 1.29 is 9.13 Å². The van der Waals surface area contributed by atoms with Crippen molar-refractivity contribution in [3.63, 3.8) is 0 Å². The van der Waals surface area contributed by atoms with Crippen LogP contribution in [-0.4, -0.2) is 23.6 Å². The van der Waals surface area contributed by atoms with Crippen LogP contribution >= 0.6 is 0 Å². The molecule has 2 heterocycles. The number of aromatic nitrogens is 1. The van der Waals surface area contributed by atoms with E-state index in [1.807, 2.05) is 36.4 Å². The van der Waals surface area contributed by atoms with Gasteiger partial charge in [-0.2, -0.15) is 5.10 Å². The summed E-state index contributed by atoms with van der Waals surface area (Å²) < 4.78 is 19.1. The number of hydrogen-bond donors (Lipinski definition) is 1. The van der Waals surface area contributed by atoms with Crippen LogP contribution in [0.25, 0.3) is 0 Å². The number of rotatable bonds is 3. The van der Waals surface area contributed by atoms with Crippen LogP contribution in [0.15, 0.2) is 77.1 Å². The largest absolute Gasteiger partial charge is 0.497 e. The van der Waals surface area contributed by atoms with Crippen molar-refractivity contribution in [2.45, 2.75) is 0 Å². The van der Waals surface area contributed by atoms with Gasteiger partial charge in [-0.25, -0.2) is 9.38 Å². The molecule has 5 nitrogen and oxygen atoms in total. The average Bonchev–Trinajstić information content (AvgIpc) is 2.88. The molecule has 0 radical (unpaired) electrons. The minimum absolute atomic E-state index is 0.339. The van der Waals surface area contributed by atoms with Gasteiger partial charge in [0.2, 0.25) is 0 Å². The SMILES string of the molecule is COc1ccc(C2=Nc3ccc(F)cc3C(c3ccncc3)=NN2)cc1. The molecule has 1 N–H and O–H groups in total. The highest BCUT2D eigenvalue weighted by atomic mass is 19.1. The van der Waals surface area contributed by atoms with E-state index in [4.69, 9.17) is 4.74 Å². The molecule has 0 saturated carbocycles. The lowest BCUT2D eigenvalue weighted by atomic mass is 10.0. The second kappa shape index (κ2) is 6.76. The molecule has 0 unspecified atom stereocenters. The average molecular weight is 346 g/mol. The molecule has 1 aliphatic heterocycles. The highest BCUT2D eigenvalue weighted by molar-refractivity contribution is 6.17. The summed E-state index contributed by atoms with van der Waals surface area (Å²) >= 11 is 0. The maximum absolute atomic E-state index is 13.9. The van der Waals surface area contributed by atoms with Crippen LogP contribution in [0.4, 0.5) is 10.1 Å². The smallest absolute Gasteiger partial charge is 0.154 e. The van der Waals surface area contributed by atoms with Crippen molar-refractivity contribution in [1.29, 1.82) is 0 Å². The van der Waals surface area contributed by atoms with Gasteiger partial charge in [0.15, 0.2) is 5.84 Å². The number of halogens is 1. The molecule has 26 heavy (non-hydrogen) atoms. The van der Waals surface area contributed by atoms with Crippen molar-refractivity contribution in [2.24, 2.45) is 10.1 Å². The number of ether oxygens (including phenoxy) is 1. The van der Waals surface area contributed by atoms with Crippen LogP contribution in [0.3, 0.4) is 0 Å². The summed E-state index contributed by atoms with van der Waals surface area (Å²) in [5.41, 5.74) is 6.54. The molecule has 1 aromatic heterocycles. The molecule has 0 saturated heterocycles. The summed E-state index contributed by atoms with van der Waals surface area (Å²) in [6.07, 6.45) is 3.35. The highest BCUT2D eigenvalue weighted by Crippen LogP contribution is 2.26. The lowest BCUT2D eigenvalue weighted by Gasteiger charge is -2.07. The number of nitrogens with one attached hydrogen (secondary N) is 1. The fourth-order valence-corrected chi connectivity index (χ4v) is 2.72. The maximum Gasteiger partial charge on any atom is 0.154 e. The van der Waals surface area contributed by atoms with Crippen LogP contribution in [0, 0.1) is 5.82 Å². The number of methoxy groups -OCH3 is 1. The second-order valence-electron chi connectivity index (χ2n) is 5.66. The molecule has 0 atom stereocenters. The summed E-state index contributed by atoms with van der Waals surface area (Å²) in [7, 11) is 1.62. The van der Waals surface area contributed by atoms with E-state index < -0.39 is 0 Å². The summed E-state index contributed by atoms with van der Waals surface area (Å²) in [4.78, 5) is 8.68. The van der Waals surface area contributed by atoms with Gasteiger partial charge in [-0.3, -0.25) is 10.4 Å². The predicted octanol–water partition coefficient (Wildman–Crippen LogP) is 3.66. The third-order valence-electron chi connectivity index (χ3n) is 4.04. The molecular formula is C20H15FN4O. The predicted molar refractivity (Wildman–Crippen MR) is 98.6 cm³/mol. The molecule has 4 rings (SSSR count). The molecule has 0 spiro atoms. The number of amidine groups is 1. The Morgan fingerprint density at radius 3 is 2.42 bits per heavy atom. The first-order valence-corrected chi connectivity index (χ1v) is 8.02. The number of hydrazone groups is 1. The van der Waals surface area contributed by atoms with Crippen LogP contribution in [-0.2, 0) is 0 Å². The van der Waals surface area contributed by atoms with Crippen LogP contribution < -0.4 is 10.2 Å². The second-order valence-corrected chi connectivity index (χ2v) is 5.66. The van der Waals surface area contributed by atoms with Crippen LogP contribution in [0.1, 0.15) is 16.7 Å². The molecule has 0 bridgehead atoms. The van der Waals surface area contributed by atoms with Crippen molar-refractivity contribution in [1.82, 2.24) is 10.4 Å². The number of benzene rings is 2. The van der Waals surface area contributed by atoms with Gasteiger partial charge in [0.1, 0.15) is 17.3 Å². The van der Waals surface area contributed by atoms with Gasteiger partial charge >= 0.3 is 0 Å². The number of nitrogens with zero attached hydrogens (tertiary/aromatic N) is 3. The van der Waals surface area contributed by atoms with E-state index in [9.17, 15) is 4.39 Å². The first kappa shape index (κ1) is 16.0. The van der Waals surface area contributed by atoms with Crippen molar-refractivity contribution in [2.75, 3.05) is 7.11 Å². The van der Waals surface area contributed by atoms with E-state index in [-0.39, 0.29) is 5.82 Å². The van der Waals surface area contributed by atoms with Gasteiger partial charge in [-0.05, 0) is 54.6 Å². The zero-order valence-electron chi connectivity index (χ0n) is 14.0. The van der Waals surface area contributed by atoms with E-state index in [0.29, 0.717) is 22.8 Å². The Kier molecular flexibility index (Phi) is 4.15. The number of aliphatic imine (C=N–C) groups is 1. The van der Waals surface area contributed by atoms with Crippen LogP contribution in [0.2, 0.25) is 0 Å². The normalized spacial score (nSPS) is 13.0. The Morgan fingerprint density at radius 2 is 1.69 bits per heavy atom. The maximum atomic E-state index is 13.9. The van der Waals surface area contributed by atoms with Gasteiger partial charge < -0.3 is 4.74 Å². The van der Waals surface area contributed by atoms with E-state index in [1.54, 1.807) is 25.6 Å². The summed E-state index contributed by atoms with van der Waals surface area (Å²) in [5.74, 6) is 0.990. The van der Waals surface area contributed by atoms with E-state index in [2.05, 4.69) is 20.5 Å². The Balaban J connectivity index is 1.83. The lowest BCUT2D eigenvalue weighted by Crippen LogP contribution is -2.19. The monoisotopic (exact) mass is 346 g/mol. The first-order chi connectivity index (χ1) is 12.7. The molecule has 0 aliphatic carbocycles. The Morgan fingerprint density at radius 1 is 0.923 bits per heavy atom. The zero-order chi connectivity index (χ0) is 17.9. The summed E-state index contributed by atoms with van der Waals surface area (Å²) in [6, 6.07) is 15.6. The third kappa shape index (κ3) is 3.04. The van der Waals surface area contributed by atoms with Crippen molar-refractivity contribution >= 4 is 17.2 Å². The third-order valence-corrected chi connectivity index (χ3v) is 4.04. The molecule has 3 aromatic rings. The van der Waals surface area contributed by atoms with Gasteiger partial charge in [-0.1, -0.05) is 0 Å². The summed E-state index contributed by atoms with van der Waals surface area (Å²) in [6.45, 7) is 0. The van der Waals surface area contributed by atoms with Crippen molar-refractivity contribution in [3.8, 4) is 5.75 Å². The minimum Gasteiger partial charge on any atom is -0.497 e. The zero-order valence-corrected chi connectivity index (χ0v) is 14.0. The van der Waals surface area contributed by atoms with E-state index in [0.717, 1.165) is 16.9 Å². The number of pyridine rings is 1. The van der Waals surface area contributed by atoms with Crippen molar-refractivity contribution in [3.05, 3.63) is 89.5 Å². The molecule has 2 aromatic carbocycles. The molecule has 128 valence electrons. The number of hydrogen-bond acceptors (Lipinski definition) is 5. The summed E-state index contributed by atoms with van der Waals surface area (Å²) in [5, 5.41) is 4.49.